The maximum absolute atomic E-state index is 12.2. The van der Waals surface area contributed by atoms with Gasteiger partial charge in [0.05, 0.1) is 17.0 Å². The van der Waals surface area contributed by atoms with Crippen LogP contribution in [-0.2, 0) is 10.0 Å². The average molecular weight is 390 g/mol. The van der Waals surface area contributed by atoms with Crippen LogP contribution in [0.3, 0.4) is 0 Å². The first kappa shape index (κ1) is 17.6. The van der Waals surface area contributed by atoms with E-state index in [9.17, 15) is 8.42 Å². The first-order valence-electron chi connectivity index (χ1n) is 8.52. The molecule has 0 radical (unpaired) electrons. The third-order valence-corrected chi connectivity index (χ3v) is 6.67. The molecule has 2 aromatic carbocycles. The Kier molecular flexibility index (Phi) is 4.14. The number of hydrogen-bond donors (Lipinski definition) is 1. The number of sulfonamides is 1. The lowest BCUT2D eigenvalue weighted by Gasteiger charge is -2.17. The number of allylic oxidation sites excluding steroid dienone is 2. The van der Waals surface area contributed by atoms with Crippen molar-refractivity contribution in [3.05, 3.63) is 53.1 Å². The summed E-state index contributed by atoms with van der Waals surface area (Å²) in [4.78, 5) is 0.172. The normalized spacial score (nSPS) is 18.0. The van der Waals surface area contributed by atoms with Gasteiger partial charge in [-0.25, -0.2) is 13.6 Å². The predicted octanol–water partition coefficient (Wildman–Crippen LogP) is 4.62. The Hall–Kier alpha value is -1.82. The topological polar surface area (TPSA) is 69.4 Å². The van der Waals surface area contributed by atoms with Gasteiger partial charge in [0.2, 0.25) is 10.0 Å². The van der Waals surface area contributed by atoms with E-state index in [-0.39, 0.29) is 4.90 Å². The fourth-order valence-electron chi connectivity index (χ4n) is 3.81. The average Bonchev–Trinajstić information content (AvgIpc) is 3.22. The molecule has 136 valence electrons. The fraction of sp³-hybridized carbons (Fsp3) is 0.300. The van der Waals surface area contributed by atoms with E-state index in [2.05, 4.69) is 6.08 Å². The zero-order valence-corrected chi connectivity index (χ0v) is 16.0. The molecule has 0 bridgehead atoms. The first-order valence-corrected chi connectivity index (χ1v) is 10.4. The van der Waals surface area contributed by atoms with Crippen LogP contribution in [0.2, 0.25) is 5.02 Å². The summed E-state index contributed by atoms with van der Waals surface area (Å²) in [6, 6.07) is 10.7. The van der Waals surface area contributed by atoms with Crippen LogP contribution in [0.5, 0.6) is 5.75 Å². The van der Waals surface area contributed by atoms with Gasteiger partial charge >= 0.3 is 0 Å². The van der Waals surface area contributed by atoms with Crippen LogP contribution in [0.25, 0.3) is 16.7 Å². The molecule has 26 heavy (non-hydrogen) atoms. The molecule has 0 aliphatic heterocycles. The minimum Gasteiger partial charge on any atom is -0.495 e. The summed E-state index contributed by atoms with van der Waals surface area (Å²) in [6.07, 6.45) is 6.48. The number of methoxy groups -OCH3 is 1. The highest BCUT2D eigenvalue weighted by Crippen LogP contribution is 2.60. The van der Waals surface area contributed by atoms with E-state index in [0.717, 1.165) is 29.5 Å². The zero-order valence-electron chi connectivity index (χ0n) is 14.5. The van der Waals surface area contributed by atoms with Crippen molar-refractivity contribution in [2.75, 3.05) is 7.11 Å². The van der Waals surface area contributed by atoms with Gasteiger partial charge in [-0.2, -0.15) is 0 Å². The van der Waals surface area contributed by atoms with Gasteiger partial charge in [0.15, 0.2) is 0 Å². The number of primary sulfonamides is 1. The second-order valence-corrected chi connectivity index (χ2v) is 9.12. The standard InChI is InChI=1S/C20H20ClNO3S/c1-25-17-6-5-13(11-16(17)21)15-3-2-4-18(26(22,23)24)19(15)14-7-8-20(12-14)9-10-20/h2-7,11H,8-10,12H2,1H3,(H2,22,23,24). The lowest BCUT2D eigenvalue weighted by atomic mass is 9.92. The molecule has 0 saturated heterocycles. The van der Waals surface area contributed by atoms with Crippen LogP contribution in [0.1, 0.15) is 31.2 Å². The Bertz CT molecular complexity index is 1020. The Balaban J connectivity index is 1.91. The summed E-state index contributed by atoms with van der Waals surface area (Å²) in [6.45, 7) is 0. The van der Waals surface area contributed by atoms with Crippen molar-refractivity contribution in [2.45, 2.75) is 30.6 Å². The highest BCUT2D eigenvalue weighted by atomic mass is 35.5. The Morgan fingerprint density at radius 1 is 1.19 bits per heavy atom. The summed E-state index contributed by atoms with van der Waals surface area (Å²) in [7, 11) is -2.28. The molecule has 0 unspecified atom stereocenters. The summed E-state index contributed by atoms with van der Waals surface area (Å²) in [5.41, 5.74) is 3.78. The molecule has 2 aliphatic carbocycles. The van der Waals surface area contributed by atoms with E-state index in [1.54, 1.807) is 31.4 Å². The molecule has 1 fully saturated rings. The minimum atomic E-state index is -3.84. The molecular formula is C20H20ClNO3S. The van der Waals surface area contributed by atoms with Crippen LogP contribution >= 0.6 is 11.6 Å². The number of nitrogens with two attached hydrogens (primary N) is 1. The smallest absolute Gasteiger partial charge is 0.238 e. The van der Waals surface area contributed by atoms with Crippen molar-refractivity contribution in [3.8, 4) is 16.9 Å². The Morgan fingerprint density at radius 2 is 1.96 bits per heavy atom. The number of rotatable bonds is 4. The van der Waals surface area contributed by atoms with Gasteiger partial charge < -0.3 is 4.74 Å². The van der Waals surface area contributed by atoms with Crippen molar-refractivity contribution < 1.29 is 13.2 Å². The zero-order chi connectivity index (χ0) is 18.5. The monoisotopic (exact) mass is 389 g/mol. The molecule has 0 aromatic heterocycles. The van der Waals surface area contributed by atoms with Gasteiger partial charge in [-0.1, -0.05) is 35.9 Å². The third-order valence-electron chi connectivity index (χ3n) is 5.42. The number of ether oxygens (including phenoxy) is 1. The minimum absolute atomic E-state index is 0.172. The molecular weight excluding hydrogens is 370 g/mol. The van der Waals surface area contributed by atoms with Gasteiger partial charge in [-0.05, 0) is 66.0 Å². The summed E-state index contributed by atoms with van der Waals surface area (Å²) < 4.78 is 29.7. The highest BCUT2D eigenvalue weighted by Gasteiger charge is 2.45. The maximum atomic E-state index is 12.2. The summed E-state index contributed by atoms with van der Waals surface area (Å²) in [5, 5.41) is 6.01. The largest absolute Gasteiger partial charge is 0.495 e. The quantitative estimate of drug-likeness (QED) is 0.829. The second kappa shape index (κ2) is 6.12. The SMILES string of the molecule is COc1ccc(-c2cccc(S(N)(=O)=O)c2C2=CCC3(CC3)C2)cc1Cl. The molecule has 2 aliphatic rings. The van der Waals surface area contributed by atoms with Crippen LogP contribution in [-0.4, -0.2) is 15.5 Å². The molecule has 4 rings (SSSR count). The number of hydrogen-bond acceptors (Lipinski definition) is 3. The van der Waals surface area contributed by atoms with Crippen LogP contribution in [0, 0.1) is 5.41 Å². The molecule has 2 aromatic rings. The van der Waals surface area contributed by atoms with E-state index in [1.165, 1.54) is 12.8 Å². The van der Waals surface area contributed by atoms with Gasteiger partial charge in [0, 0.05) is 5.56 Å². The molecule has 0 amide bonds. The lowest BCUT2D eigenvalue weighted by molar-refractivity contribution is 0.415. The first-order chi connectivity index (χ1) is 12.3. The highest BCUT2D eigenvalue weighted by molar-refractivity contribution is 7.89. The number of benzene rings is 2. The van der Waals surface area contributed by atoms with Crippen molar-refractivity contribution in [2.24, 2.45) is 10.6 Å². The van der Waals surface area contributed by atoms with E-state index in [1.807, 2.05) is 12.1 Å². The Morgan fingerprint density at radius 3 is 2.54 bits per heavy atom. The van der Waals surface area contributed by atoms with Crippen LogP contribution in [0.4, 0.5) is 0 Å². The third kappa shape index (κ3) is 3.04. The summed E-state index contributed by atoms with van der Waals surface area (Å²) in [5.74, 6) is 0.580. The van der Waals surface area contributed by atoms with Gasteiger partial charge in [-0.15, -0.1) is 0 Å². The predicted molar refractivity (Wildman–Crippen MR) is 104 cm³/mol. The van der Waals surface area contributed by atoms with E-state index >= 15 is 0 Å². The Labute approximate surface area is 158 Å². The van der Waals surface area contributed by atoms with Gasteiger partial charge in [0.25, 0.3) is 0 Å². The molecule has 0 atom stereocenters. The van der Waals surface area contributed by atoms with Crippen molar-refractivity contribution in [1.82, 2.24) is 0 Å². The van der Waals surface area contributed by atoms with Crippen LogP contribution < -0.4 is 9.88 Å². The van der Waals surface area contributed by atoms with Gasteiger partial charge in [0.1, 0.15) is 5.75 Å². The van der Waals surface area contributed by atoms with E-state index in [0.29, 0.717) is 21.8 Å². The van der Waals surface area contributed by atoms with Crippen molar-refractivity contribution >= 4 is 27.2 Å². The van der Waals surface area contributed by atoms with Gasteiger partial charge in [-0.3, -0.25) is 0 Å². The lowest BCUT2D eigenvalue weighted by Crippen LogP contribution is -2.15. The molecule has 0 heterocycles. The van der Waals surface area contributed by atoms with E-state index < -0.39 is 10.0 Å². The fourth-order valence-corrected chi connectivity index (χ4v) is 4.86. The molecule has 6 heteroatoms. The molecule has 1 saturated carbocycles. The molecule has 2 N–H and O–H groups in total. The summed E-state index contributed by atoms with van der Waals surface area (Å²) >= 11 is 6.29. The van der Waals surface area contributed by atoms with Crippen molar-refractivity contribution in [3.63, 3.8) is 0 Å². The van der Waals surface area contributed by atoms with E-state index in [4.69, 9.17) is 21.5 Å². The maximum Gasteiger partial charge on any atom is 0.238 e. The van der Waals surface area contributed by atoms with Crippen molar-refractivity contribution in [1.29, 1.82) is 0 Å². The molecule has 4 nitrogen and oxygen atoms in total. The number of halogens is 1. The van der Waals surface area contributed by atoms with Crippen LogP contribution in [0.15, 0.2) is 47.4 Å². The molecule has 1 spiro atoms. The second-order valence-electron chi connectivity index (χ2n) is 7.18.